The zero-order chi connectivity index (χ0) is 14.5. The first-order chi connectivity index (χ1) is 9.61. The highest BCUT2D eigenvalue weighted by Crippen LogP contribution is 2.36. The van der Waals surface area contributed by atoms with Gasteiger partial charge in [-0.2, -0.15) is 0 Å². The molecule has 4 heteroatoms. The second kappa shape index (κ2) is 7.64. The molecule has 0 aliphatic heterocycles. The van der Waals surface area contributed by atoms with Crippen molar-refractivity contribution in [3.63, 3.8) is 0 Å². The van der Waals surface area contributed by atoms with E-state index in [0.717, 1.165) is 15.5 Å². The fraction of sp³-hybridized carbons (Fsp3) is 0.250. The van der Waals surface area contributed by atoms with Gasteiger partial charge in [0, 0.05) is 24.8 Å². The first-order valence-corrected chi connectivity index (χ1v) is 8.97. The summed E-state index contributed by atoms with van der Waals surface area (Å²) in [6, 6.07) is 15.2. The van der Waals surface area contributed by atoms with E-state index in [1.807, 2.05) is 6.07 Å². The van der Waals surface area contributed by atoms with E-state index in [1.165, 1.54) is 15.4 Å². The summed E-state index contributed by atoms with van der Waals surface area (Å²) in [5.41, 5.74) is 1.29. The highest BCUT2D eigenvalue weighted by molar-refractivity contribution is 9.10. The van der Waals surface area contributed by atoms with E-state index >= 15 is 0 Å². The molecule has 0 spiro atoms. The van der Waals surface area contributed by atoms with Gasteiger partial charge in [0.25, 0.3) is 0 Å². The van der Waals surface area contributed by atoms with E-state index in [0.29, 0.717) is 6.04 Å². The molecule has 0 bridgehead atoms. The van der Waals surface area contributed by atoms with Gasteiger partial charge in [-0.3, -0.25) is 0 Å². The quantitative estimate of drug-likeness (QED) is 0.640. The second-order valence-corrected chi connectivity index (χ2v) is 7.32. The summed E-state index contributed by atoms with van der Waals surface area (Å²) in [5.74, 6) is 0. The highest BCUT2D eigenvalue weighted by Gasteiger charge is 2.09. The van der Waals surface area contributed by atoms with Crippen LogP contribution >= 0.6 is 43.6 Å². The Morgan fingerprint density at radius 1 is 1.10 bits per heavy atom. The van der Waals surface area contributed by atoms with Gasteiger partial charge < -0.3 is 5.32 Å². The van der Waals surface area contributed by atoms with Crippen LogP contribution in [0.2, 0.25) is 0 Å². The van der Waals surface area contributed by atoms with Gasteiger partial charge in [0.1, 0.15) is 0 Å². The Balaban J connectivity index is 2.19. The Bertz CT molecular complexity index is 586. The fourth-order valence-electron chi connectivity index (χ4n) is 1.99. The zero-order valence-corrected chi connectivity index (χ0v) is 15.5. The van der Waals surface area contributed by atoms with E-state index in [4.69, 9.17) is 0 Å². The molecule has 1 atom stereocenters. The molecule has 0 fully saturated rings. The molecule has 0 saturated heterocycles. The molecule has 0 saturated carbocycles. The van der Waals surface area contributed by atoms with E-state index in [9.17, 15) is 0 Å². The Morgan fingerprint density at radius 2 is 1.85 bits per heavy atom. The third-order valence-corrected chi connectivity index (χ3v) is 5.72. The number of hydrogen-bond acceptors (Lipinski definition) is 2. The highest BCUT2D eigenvalue weighted by atomic mass is 79.9. The maximum atomic E-state index is 3.68. The summed E-state index contributed by atoms with van der Waals surface area (Å²) < 4.78 is 2.29. The van der Waals surface area contributed by atoms with Gasteiger partial charge in [-0.1, -0.05) is 52.8 Å². The van der Waals surface area contributed by atoms with Crippen LogP contribution in [0.15, 0.2) is 61.2 Å². The molecule has 1 nitrogen and oxygen atoms in total. The SMILES string of the molecule is CCNC(C)c1ccc(Sc2ccccc2Br)cc1Br. The van der Waals surface area contributed by atoms with Crippen LogP contribution in [0.1, 0.15) is 25.5 Å². The Hall–Kier alpha value is -0.290. The average molecular weight is 415 g/mol. The van der Waals surface area contributed by atoms with Crippen molar-refractivity contribution in [1.82, 2.24) is 5.32 Å². The Kier molecular flexibility index (Phi) is 6.15. The summed E-state index contributed by atoms with van der Waals surface area (Å²) in [4.78, 5) is 2.46. The maximum Gasteiger partial charge on any atom is 0.0314 e. The number of hydrogen-bond donors (Lipinski definition) is 1. The van der Waals surface area contributed by atoms with Crippen LogP contribution in [0, 0.1) is 0 Å². The van der Waals surface area contributed by atoms with Crippen molar-refractivity contribution in [2.45, 2.75) is 29.7 Å². The van der Waals surface area contributed by atoms with Gasteiger partial charge in [-0.15, -0.1) is 0 Å². The molecular weight excluding hydrogens is 398 g/mol. The van der Waals surface area contributed by atoms with Crippen molar-refractivity contribution >= 4 is 43.6 Å². The summed E-state index contributed by atoms with van der Waals surface area (Å²) in [7, 11) is 0. The molecule has 1 unspecified atom stereocenters. The summed E-state index contributed by atoms with van der Waals surface area (Å²) in [6.45, 7) is 5.28. The van der Waals surface area contributed by atoms with E-state index in [-0.39, 0.29) is 0 Å². The van der Waals surface area contributed by atoms with Crippen molar-refractivity contribution < 1.29 is 0 Å². The van der Waals surface area contributed by atoms with Gasteiger partial charge >= 0.3 is 0 Å². The van der Waals surface area contributed by atoms with Crippen LogP contribution in [-0.4, -0.2) is 6.54 Å². The predicted molar refractivity (Wildman–Crippen MR) is 94.5 cm³/mol. The van der Waals surface area contributed by atoms with E-state index in [2.05, 4.69) is 87.4 Å². The van der Waals surface area contributed by atoms with Crippen LogP contribution in [0.4, 0.5) is 0 Å². The summed E-state index contributed by atoms with van der Waals surface area (Å²) in [5, 5.41) is 3.44. The lowest BCUT2D eigenvalue weighted by Crippen LogP contribution is -2.17. The van der Waals surface area contributed by atoms with E-state index < -0.39 is 0 Å². The lowest BCUT2D eigenvalue weighted by molar-refractivity contribution is 0.595. The molecular formula is C16H17Br2NS. The molecule has 0 aliphatic rings. The summed E-state index contributed by atoms with van der Waals surface area (Å²) >= 11 is 9.04. The van der Waals surface area contributed by atoms with Crippen LogP contribution in [0.3, 0.4) is 0 Å². The molecule has 106 valence electrons. The van der Waals surface area contributed by atoms with E-state index in [1.54, 1.807) is 11.8 Å². The van der Waals surface area contributed by atoms with Gasteiger partial charge in [-0.25, -0.2) is 0 Å². The van der Waals surface area contributed by atoms with Crippen LogP contribution < -0.4 is 5.32 Å². The van der Waals surface area contributed by atoms with Gasteiger partial charge in [-0.05, 0) is 59.2 Å². The number of nitrogens with one attached hydrogen (secondary N) is 1. The topological polar surface area (TPSA) is 12.0 Å². The molecule has 2 rings (SSSR count). The third kappa shape index (κ3) is 4.10. The number of benzene rings is 2. The van der Waals surface area contributed by atoms with Crippen molar-refractivity contribution in [3.8, 4) is 0 Å². The fourth-order valence-corrected chi connectivity index (χ4v) is 4.27. The van der Waals surface area contributed by atoms with Crippen molar-refractivity contribution in [3.05, 3.63) is 57.0 Å². The largest absolute Gasteiger partial charge is 0.310 e. The van der Waals surface area contributed by atoms with Gasteiger partial charge in [0.05, 0.1) is 0 Å². The van der Waals surface area contributed by atoms with Crippen LogP contribution in [0.25, 0.3) is 0 Å². The maximum absolute atomic E-state index is 3.68. The van der Waals surface area contributed by atoms with Crippen LogP contribution in [0.5, 0.6) is 0 Å². The Labute approximate surface area is 141 Å². The molecule has 0 aromatic heterocycles. The monoisotopic (exact) mass is 413 g/mol. The Morgan fingerprint density at radius 3 is 2.50 bits per heavy atom. The smallest absolute Gasteiger partial charge is 0.0314 e. The molecule has 0 radical (unpaired) electrons. The van der Waals surface area contributed by atoms with Crippen molar-refractivity contribution in [2.75, 3.05) is 6.54 Å². The first-order valence-electron chi connectivity index (χ1n) is 6.57. The molecule has 0 aliphatic carbocycles. The molecule has 20 heavy (non-hydrogen) atoms. The van der Waals surface area contributed by atoms with Gasteiger partial charge in [0.15, 0.2) is 0 Å². The zero-order valence-electron chi connectivity index (χ0n) is 11.5. The number of rotatable bonds is 5. The third-order valence-electron chi connectivity index (χ3n) is 3.01. The summed E-state index contributed by atoms with van der Waals surface area (Å²) in [6.07, 6.45) is 0. The lowest BCUT2D eigenvalue weighted by atomic mass is 10.1. The molecule has 2 aromatic carbocycles. The molecule has 2 aromatic rings. The van der Waals surface area contributed by atoms with Gasteiger partial charge in [0.2, 0.25) is 0 Å². The lowest BCUT2D eigenvalue weighted by Gasteiger charge is -2.15. The molecule has 1 N–H and O–H groups in total. The minimum atomic E-state index is 0.358. The molecule has 0 heterocycles. The predicted octanol–water partition coefficient (Wildman–Crippen LogP) is 6.03. The first kappa shape index (κ1) is 16.1. The minimum absolute atomic E-state index is 0.358. The normalized spacial score (nSPS) is 12.4. The van der Waals surface area contributed by atoms with Crippen LogP contribution in [-0.2, 0) is 0 Å². The number of halogens is 2. The van der Waals surface area contributed by atoms with Crippen molar-refractivity contribution in [2.24, 2.45) is 0 Å². The average Bonchev–Trinajstić information content (AvgIpc) is 2.42. The standard InChI is InChI=1S/C16H17Br2NS/c1-3-19-11(2)13-9-8-12(10-15(13)18)20-16-7-5-4-6-14(16)17/h4-11,19H,3H2,1-2H3. The second-order valence-electron chi connectivity index (χ2n) is 4.50. The molecule has 0 amide bonds. The van der Waals surface area contributed by atoms with Crippen molar-refractivity contribution in [1.29, 1.82) is 0 Å². The minimum Gasteiger partial charge on any atom is -0.310 e.